The molecule has 52 heavy (non-hydrogen) atoms. The standard InChI is InChI=1S/C20H19ClN2O2S.C20H17ClN2O2S/c2*1-14-5-11-17(12-6-14)26(24,25)23-13-19-18(3-2-4-20(19)22-23)15-7-9-16(21)10-8-15/h5-13,18H,2-4H2,1H3;3,5-13H,2,4H2,1H3. The van der Waals surface area contributed by atoms with Crippen LogP contribution < -0.4 is 0 Å². The van der Waals surface area contributed by atoms with E-state index in [-0.39, 0.29) is 15.7 Å². The molecule has 0 saturated carbocycles. The van der Waals surface area contributed by atoms with Crippen LogP contribution in [-0.2, 0) is 32.9 Å². The van der Waals surface area contributed by atoms with Gasteiger partial charge in [-0.15, -0.1) is 0 Å². The van der Waals surface area contributed by atoms with Crippen LogP contribution in [0.5, 0.6) is 0 Å². The lowest BCUT2D eigenvalue weighted by Gasteiger charge is -2.21. The van der Waals surface area contributed by atoms with Gasteiger partial charge in [-0.3, -0.25) is 0 Å². The van der Waals surface area contributed by atoms with Crippen molar-refractivity contribution in [3.8, 4) is 0 Å². The second kappa shape index (κ2) is 14.5. The number of allylic oxidation sites excluding steroid dienone is 1. The maximum absolute atomic E-state index is 12.9. The molecule has 6 aromatic rings. The van der Waals surface area contributed by atoms with Gasteiger partial charge in [0.1, 0.15) is 0 Å². The number of aromatic nitrogens is 4. The van der Waals surface area contributed by atoms with Crippen LogP contribution in [-0.4, -0.2) is 35.2 Å². The molecule has 0 spiro atoms. The Hall–Kier alpha value is -4.48. The van der Waals surface area contributed by atoms with E-state index in [1.807, 2.05) is 62.4 Å². The Bertz CT molecular complexity index is 2490. The first kappa shape index (κ1) is 35.9. The largest absolute Gasteiger partial charge is 0.282 e. The number of rotatable bonds is 6. The summed E-state index contributed by atoms with van der Waals surface area (Å²) < 4.78 is 53.9. The number of fused-ring (bicyclic) bond motifs is 2. The fourth-order valence-electron chi connectivity index (χ4n) is 6.60. The molecule has 8 rings (SSSR count). The molecule has 4 aromatic carbocycles. The van der Waals surface area contributed by atoms with Crippen LogP contribution in [0.25, 0.3) is 5.57 Å². The fraction of sp³-hybridized carbons (Fsp3) is 0.200. The van der Waals surface area contributed by atoms with E-state index in [4.69, 9.17) is 23.2 Å². The number of aryl methyl sites for hydroxylation is 4. The molecule has 8 nitrogen and oxygen atoms in total. The monoisotopic (exact) mass is 770 g/mol. The molecule has 1 atom stereocenters. The second-order valence-electron chi connectivity index (χ2n) is 13.1. The van der Waals surface area contributed by atoms with Gasteiger partial charge in [-0.2, -0.15) is 35.2 Å². The van der Waals surface area contributed by atoms with Crippen molar-refractivity contribution in [2.45, 2.75) is 61.7 Å². The minimum Gasteiger partial charge on any atom is -0.199 e. The van der Waals surface area contributed by atoms with E-state index in [1.54, 1.807) is 60.9 Å². The molecule has 2 aliphatic carbocycles. The van der Waals surface area contributed by atoms with Gasteiger partial charge >= 0.3 is 0 Å². The summed E-state index contributed by atoms with van der Waals surface area (Å²) in [5.74, 6) is 0.151. The van der Waals surface area contributed by atoms with Crippen LogP contribution >= 0.6 is 23.2 Å². The zero-order chi connectivity index (χ0) is 36.6. The topological polar surface area (TPSA) is 104 Å². The van der Waals surface area contributed by atoms with Gasteiger partial charge in [0.15, 0.2) is 0 Å². The van der Waals surface area contributed by atoms with Crippen molar-refractivity contribution in [3.63, 3.8) is 0 Å². The molecular weight excluding hydrogens is 736 g/mol. The molecule has 0 radical (unpaired) electrons. The summed E-state index contributed by atoms with van der Waals surface area (Å²) in [6.07, 6.45) is 9.74. The van der Waals surface area contributed by atoms with Gasteiger partial charge in [-0.1, -0.05) is 88.9 Å². The normalized spacial score (nSPS) is 15.5. The minimum atomic E-state index is -3.70. The van der Waals surface area contributed by atoms with Gasteiger partial charge in [0.05, 0.1) is 27.4 Å². The minimum absolute atomic E-state index is 0.151. The van der Waals surface area contributed by atoms with Crippen LogP contribution in [0.3, 0.4) is 0 Å². The molecule has 2 aromatic heterocycles. The van der Waals surface area contributed by atoms with Gasteiger partial charge in [-0.05, 0) is 111 Å². The Kier molecular flexibility index (Phi) is 10.0. The van der Waals surface area contributed by atoms with E-state index in [1.165, 1.54) is 0 Å². The van der Waals surface area contributed by atoms with Crippen LogP contribution in [0.4, 0.5) is 0 Å². The molecule has 0 amide bonds. The van der Waals surface area contributed by atoms with Crippen molar-refractivity contribution in [1.82, 2.24) is 18.4 Å². The van der Waals surface area contributed by atoms with Crippen LogP contribution in [0, 0.1) is 13.8 Å². The average molecular weight is 772 g/mol. The molecule has 12 heteroatoms. The Morgan fingerprint density at radius 2 is 1.15 bits per heavy atom. The third-order valence-corrected chi connectivity index (χ3v) is 13.0. The van der Waals surface area contributed by atoms with E-state index in [0.29, 0.717) is 10.0 Å². The first-order valence-corrected chi connectivity index (χ1v) is 20.6. The van der Waals surface area contributed by atoms with Crippen molar-refractivity contribution in [2.24, 2.45) is 0 Å². The van der Waals surface area contributed by atoms with Gasteiger partial charge in [-0.25, -0.2) is 0 Å². The number of hydrogen-bond donors (Lipinski definition) is 0. The Morgan fingerprint density at radius 3 is 1.73 bits per heavy atom. The summed E-state index contributed by atoms with van der Waals surface area (Å²) in [6, 6.07) is 29.0. The van der Waals surface area contributed by atoms with Crippen LogP contribution in [0.1, 0.15) is 69.9 Å². The van der Waals surface area contributed by atoms with Gasteiger partial charge in [0.25, 0.3) is 20.0 Å². The Morgan fingerprint density at radius 1 is 0.635 bits per heavy atom. The molecule has 0 fully saturated rings. The van der Waals surface area contributed by atoms with E-state index in [0.717, 1.165) is 90.6 Å². The van der Waals surface area contributed by atoms with E-state index < -0.39 is 20.0 Å². The third-order valence-electron chi connectivity index (χ3n) is 9.43. The molecule has 0 saturated heterocycles. The van der Waals surface area contributed by atoms with Crippen molar-refractivity contribution in [3.05, 3.63) is 170 Å². The average Bonchev–Trinajstić information content (AvgIpc) is 3.80. The van der Waals surface area contributed by atoms with Crippen molar-refractivity contribution >= 4 is 48.8 Å². The molecule has 2 aliphatic rings. The van der Waals surface area contributed by atoms with E-state index in [2.05, 4.69) is 16.3 Å². The lowest BCUT2D eigenvalue weighted by atomic mass is 9.82. The first-order chi connectivity index (χ1) is 24.9. The van der Waals surface area contributed by atoms with Crippen LogP contribution in [0.2, 0.25) is 10.0 Å². The smallest absolute Gasteiger partial charge is 0.199 e. The lowest BCUT2D eigenvalue weighted by molar-refractivity contribution is 0.577. The maximum Gasteiger partial charge on any atom is 0.282 e. The highest BCUT2D eigenvalue weighted by Crippen LogP contribution is 2.37. The third kappa shape index (κ3) is 7.25. The van der Waals surface area contributed by atoms with E-state index in [9.17, 15) is 16.8 Å². The molecule has 1 unspecified atom stereocenters. The van der Waals surface area contributed by atoms with Crippen molar-refractivity contribution in [1.29, 1.82) is 0 Å². The molecule has 266 valence electrons. The zero-order valence-electron chi connectivity index (χ0n) is 28.6. The summed E-state index contributed by atoms with van der Waals surface area (Å²) in [5, 5.41) is 10.2. The summed E-state index contributed by atoms with van der Waals surface area (Å²) in [5.41, 5.74) is 8.69. The maximum atomic E-state index is 12.9. The van der Waals surface area contributed by atoms with E-state index >= 15 is 0 Å². The summed E-state index contributed by atoms with van der Waals surface area (Å²) in [4.78, 5) is 0.492. The number of nitrogens with zero attached hydrogens (tertiary/aromatic N) is 4. The van der Waals surface area contributed by atoms with Gasteiger partial charge < -0.3 is 0 Å². The highest BCUT2D eigenvalue weighted by molar-refractivity contribution is 7.90. The first-order valence-electron chi connectivity index (χ1n) is 16.9. The lowest BCUT2D eigenvalue weighted by Crippen LogP contribution is -2.13. The van der Waals surface area contributed by atoms with Gasteiger partial charge in [0, 0.05) is 33.3 Å². The highest BCUT2D eigenvalue weighted by Gasteiger charge is 2.29. The second-order valence-corrected chi connectivity index (χ2v) is 17.5. The van der Waals surface area contributed by atoms with Gasteiger partial charge in [0.2, 0.25) is 0 Å². The molecule has 0 aliphatic heterocycles. The molecule has 0 bridgehead atoms. The highest BCUT2D eigenvalue weighted by atomic mass is 35.5. The molecular formula is C40H36Cl2N4O4S2. The number of benzene rings is 4. The van der Waals surface area contributed by atoms with Crippen molar-refractivity contribution in [2.75, 3.05) is 0 Å². The zero-order valence-corrected chi connectivity index (χ0v) is 31.7. The predicted octanol–water partition coefficient (Wildman–Crippen LogP) is 9.01. The summed E-state index contributed by atoms with van der Waals surface area (Å²) in [7, 11) is -7.38. The summed E-state index contributed by atoms with van der Waals surface area (Å²) in [6.45, 7) is 3.85. The number of halogens is 2. The molecule has 0 N–H and O–H groups in total. The van der Waals surface area contributed by atoms with Crippen molar-refractivity contribution < 1.29 is 16.8 Å². The summed E-state index contributed by atoms with van der Waals surface area (Å²) >= 11 is 12.0. The number of hydrogen-bond acceptors (Lipinski definition) is 6. The molecule has 2 heterocycles. The van der Waals surface area contributed by atoms with Crippen LogP contribution in [0.15, 0.2) is 125 Å². The SMILES string of the molecule is Cc1ccc(S(=O)(=O)n2cc3c(n2)CCC=C3c2ccc(Cl)cc2)cc1.Cc1ccc(S(=O)(=O)n2cc3c(n2)CCCC3c2ccc(Cl)cc2)cc1. The Balaban J connectivity index is 0.000000162. The fourth-order valence-corrected chi connectivity index (χ4v) is 9.15. The Labute approximate surface area is 314 Å². The predicted molar refractivity (Wildman–Crippen MR) is 205 cm³/mol. The quantitative estimate of drug-likeness (QED) is 0.168.